The Bertz CT molecular complexity index is 851. The van der Waals surface area contributed by atoms with Crippen LogP contribution in [-0.2, 0) is 13.2 Å². The van der Waals surface area contributed by atoms with E-state index in [1.54, 1.807) is 18.9 Å². The number of benzene rings is 1. The number of thioether (sulfide) groups is 1. The van der Waals surface area contributed by atoms with Crippen LogP contribution < -0.4 is 4.74 Å². The number of nitrogens with zero attached hydrogens (tertiary/aromatic N) is 1. The van der Waals surface area contributed by atoms with Crippen LogP contribution in [0.2, 0.25) is 0 Å². The zero-order valence-corrected chi connectivity index (χ0v) is 19.6. The molecule has 1 heterocycles. The molecule has 5 heteroatoms. The summed E-state index contributed by atoms with van der Waals surface area (Å²) in [6.45, 7) is 9.36. The fraction of sp³-hybridized carbons (Fsp3) is 0.417. The van der Waals surface area contributed by atoms with Gasteiger partial charge in [-0.15, -0.1) is 11.8 Å². The van der Waals surface area contributed by atoms with E-state index in [0.29, 0.717) is 5.92 Å². The topological polar surface area (TPSA) is 34.4 Å². The van der Waals surface area contributed by atoms with Gasteiger partial charge in [-0.3, -0.25) is 0 Å². The monoisotopic (exact) mass is 433 g/mol. The third-order valence-corrected chi connectivity index (χ3v) is 6.22. The summed E-state index contributed by atoms with van der Waals surface area (Å²) in [5.41, 5.74) is 4.59. The molecule has 0 spiro atoms. The van der Waals surface area contributed by atoms with E-state index in [1.807, 2.05) is 24.3 Å². The summed E-state index contributed by atoms with van der Waals surface area (Å²) in [5.74, 6) is 1.96. The highest BCUT2D eigenvalue weighted by Gasteiger charge is 2.22. The number of methoxy groups -OCH3 is 1. The minimum atomic E-state index is 0.0539. The number of rotatable bonds is 10. The highest BCUT2D eigenvalue weighted by molar-refractivity contribution is 7.99. The number of halogens is 1. The maximum absolute atomic E-state index is 10.0. The van der Waals surface area contributed by atoms with Crippen molar-refractivity contribution < 1.29 is 9.84 Å². The molecule has 0 aliphatic carbocycles. The Labute approximate surface area is 184 Å². The molecule has 1 aromatic heterocycles. The molecule has 0 saturated carbocycles. The molecular weight excluding hydrogens is 402 g/mol. The van der Waals surface area contributed by atoms with Gasteiger partial charge < -0.3 is 14.4 Å². The SMILES string of the molecule is CC/C=C\C(Cl)=C/CSc1c(C(C)C)c(CO)c(C)n1Cc1ccc(OC)cc1. The van der Waals surface area contributed by atoms with Crippen LogP contribution in [0.25, 0.3) is 0 Å². The average molecular weight is 434 g/mol. The van der Waals surface area contributed by atoms with Crippen molar-refractivity contribution >= 4 is 23.4 Å². The van der Waals surface area contributed by atoms with Crippen molar-refractivity contribution in [3.05, 3.63) is 69.9 Å². The summed E-state index contributed by atoms with van der Waals surface area (Å²) in [4.78, 5) is 0. The molecule has 0 amide bonds. The molecule has 0 atom stereocenters. The summed E-state index contributed by atoms with van der Waals surface area (Å²) in [7, 11) is 1.68. The Balaban J connectivity index is 2.38. The number of ether oxygens (including phenoxy) is 1. The van der Waals surface area contributed by atoms with Crippen molar-refractivity contribution in [1.82, 2.24) is 4.57 Å². The lowest BCUT2D eigenvalue weighted by Crippen LogP contribution is -2.04. The van der Waals surface area contributed by atoms with Gasteiger partial charge in [-0.2, -0.15) is 0 Å². The van der Waals surface area contributed by atoms with Crippen LogP contribution in [0.1, 0.15) is 55.5 Å². The third-order valence-electron chi connectivity index (χ3n) is 4.89. The summed E-state index contributed by atoms with van der Waals surface area (Å²) in [6.07, 6.45) is 7.02. The number of aliphatic hydroxyl groups excluding tert-OH is 1. The minimum Gasteiger partial charge on any atom is -0.497 e. The minimum absolute atomic E-state index is 0.0539. The highest BCUT2D eigenvalue weighted by atomic mass is 35.5. The first-order valence-corrected chi connectivity index (χ1v) is 11.4. The van der Waals surface area contributed by atoms with Crippen LogP contribution in [0.5, 0.6) is 5.75 Å². The van der Waals surface area contributed by atoms with E-state index >= 15 is 0 Å². The molecule has 158 valence electrons. The first-order chi connectivity index (χ1) is 13.9. The molecule has 0 unspecified atom stereocenters. The van der Waals surface area contributed by atoms with Gasteiger partial charge in [0.25, 0.3) is 0 Å². The molecule has 0 aliphatic heterocycles. The fourth-order valence-corrected chi connectivity index (χ4v) is 4.89. The number of aliphatic hydroxyl groups is 1. The van der Waals surface area contributed by atoms with Gasteiger partial charge >= 0.3 is 0 Å². The van der Waals surface area contributed by atoms with Crippen molar-refractivity contribution in [3.8, 4) is 5.75 Å². The van der Waals surface area contributed by atoms with Crippen LogP contribution in [-0.4, -0.2) is 22.5 Å². The second-order valence-electron chi connectivity index (χ2n) is 7.24. The van der Waals surface area contributed by atoms with Crippen LogP contribution >= 0.6 is 23.4 Å². The van der Waals surface area contributed by atoms with Gasteiger partial charge in [0.1, 0.15) is 5.75 Å². The van der Waals surface area contributed by atoms with Crippen molar-refractivity contribution in [2.24, 2.45) is 0 Å². The summed E-state index contributed by atoms with van der Waals surface area (Å²) in [6, 6.07) is 8.15. The lowest BCUT2D eigenvalue weighted by atomic mass is 10.0. The molecule has 0 bridgehead atoms. The van der Waals surface area contributed by atoms with Crippen LogP contribution in [0.15, 0.2) is 52.6 Å². The Morgan fingerprint density at radius 1 is 1.28 bits per heavy atom. The number of hydrogen-bond acceptors (Lipinski definition) is 3. The van der Waals surface area contributed by atoms with Gasteiger partial charge in [0.2, 0.25) is 0 Å². The first-order valence-electron chi connectivity index (χ1n) is 10.0. The molecule has 1 N–H and O–H groups in total. The van der Waals surface area contributed by atoms with Gasteiger partial charge in [0.15, 0.2) is 0 Å². The van der Waals surface area contributed by atoms with E-state index < -0.39 is 0 Å². The Hall–Kier alpha value is -1.62. The van der Waals surface area contributed by atoms with Crippen molar-refractivity contribution in [3.63, 3.8) is 0 Å². The lowest BCUT2D eigenvalue weighted by molar-refractivity contribution is 0.279. The summed E-state index contributed by atoms with van der Waals surface area (Å²) in [5, 5.41) is 12.0. The summed E-state index contributed by atoms with van der Waals surface area (Å²) >= 11 is 8.07. The largest absolute Gasteiger partial charge is 0.497 e. The quantitative estimate of drug-likeness (QED) is 0.336. The van der Waals surface area contributed by atoms with Gasteiger partial charge in [0, 0.05) is 28.6 Å². The van der Waals surface area contributed by atoms with E-state index in [-0.39, 0.29) is 6.61 Å². The second kappa shape index (κ2) is 11.5. The van der Waals surface area contributed by atoms with Crippen LogP contribution in [0.3, 0.4) is 0 Å². The molecule has 0 aliphatic rings. The fourth-order valence-electron chi connectivity index (χ4n) is 3.34. The predicted octanol–water partition coefficient (Wildman–Crippen LogP) is 6.65. The number of allylic oxidation sites excluding steroid dienone is 3. The van der Waals surface area contributed by atoms with Crippen LogP contribution in [0, 0.1) is 6.92 Å². The van der Waals surface area contributed by atoms with E-state index in [0.717, 1.165) is 40.8 Å². The molecule has 0 saturated heterocycles. The number of hydrogen-bond donors (Lipinski definition) is 1. The Morgan fingerprint density at radius 2 is 1.97 bits per heavy atom. The maximum Gasteiger partial charge on any atom is 0.118 e. The summed E-state index contributed by atoms with van der Waals surface area (Å²) < 4.78 is 7.59. The zero-order valence-electron chi connectivity index (χ0n) is 18.0. The molecule has 2 aromatic rings. The molecule has 0 fully saturated rings. The molecule has 29 heavy (non-hydrogen) atoms. The van der Waals surface area contributed by atoms with Crippen molar-refractivity contribution in [2.75, 3.05) is 12.9 Å². The van der Waals surface area contributed by atoms with E-state index in [1.165, 1.54) is 16.2 Å². The standard InChI is InChI=1S/C24H32ClNO2S/c1-6-7-8-20(25)13-14-29-24-23(17(2)3)22(16-27)18(4)26(24)15-19-9-11-21(28-5)12-10-19/h7-13,17,27H,6,14-16H2,1-5H3/b8-7-,20-13+. The average Bonchev–Trinajstić information content (AvgIpc) is 2.98. The second-order valence-corrected chi connectivity index (χ2v) is 8.69. The van der Waals surface area contributed by atoms with Crippen molar-refractivity contribution in [2.45, 2.75) is 58.2 Å². The predicted molar refractivity (Wildman–Crippen MR) is 125 cm³/mol. The van der Waals surface area contributed by atoms with Crippen molar-refractivity contribution in [1.29, 1.82) is 0 Å². The van der Waals surface area contributed by atoms with Crippen LogP contribution in [0.4, 0.5) is 0 Å². The van der Waals surface area contributed by atoms with Gasteiger partial charge in [-0.25, -0.2) is 0 Å². The van der Waals surface area contributed by atoms with Gasteiger partial charge in [0.05, 0.1) is 18.7 Å². The smallest absolute Gasteiger partial charge is 0.118 e. The molecule has 3 nitrogen and oxygen atoms in total. The molecular formula is C24H32ClNO2S. The molecule has 0 radical (unpaired) electrons. The van der Waals surface area contributed by atoms with E-state index in [9.17, 15) is 5.11 Å². The first kappa shape index (κ1) is 23.7. The third kappa shape index (κ3) is 6.18. The molecule has 2 rings (SSSR count). The highest BCUT2D eigenvalue weighted by Crippen LogP contribution is 2.37. The Morgan fingerprint density at radius 3 is 2.52 bits per heavy atom. The van der Waals surface area contributed by atoms with Gasteiger partial charge in [-0.05, 0) is 48.6 Å². The Kier molecular flexibility index (Phi) is 9.41. The lowest BCUT2D eigenvalue weighted by Gasteiger charge is -2.14. The number of aromatic nitrogens is 1. The van der Waals surface area contributed by atoms with E-state index in [4.69, 9.17) is 16.3 Å². The normalized spacial score (nSPS) is 12.3. The van der Waals surface area contributed by atoms with Gasteiger partial charge in [-0.1, -0.05) is 56.7 Å². The van der Waals surface area contributed by atoms with E-state index in [2.05, 4.69) is 50.5 Å². The molecule has 1 aromatic carbocycles. The maximum atomic E-state index is 10.0. The zero-order chi connectivity index (χ0) is 21.4.